The molecule has 0 bridgehead atoms. The van der Waals surface area contributed by atoms with Crippen molar-refractivity contribution in [2.24, 2.45) is 0 Å². The summed E-state index contributed by atoms with van der Waals surface area (Å²) >= 11 is 0. The molecular formula is C17H15N3O3. The summed E-state index contributed by atoms with van der Waals surface area (Å²) < 4.78 is 0.640. The van der Waals surface area contributed by atoms with Crippen LogP contribution in [0.5, 0.6) is 0 Å². The SMILES string of the molecule is CC(=O)C1=C(c2cc[n+]([O-])cc2)[NH+]([O-])C(c2ccncc2)=C1C. The van der Waals surface area contributed by atoms with Crippen LogP contribution in [-0.4, -0.2) is 10.8 Å². The van der Waals surface area contributed by atoms with Crippen LogP contribution in [0.2, 0.25) is 0 Å². The van der Waals surface area contributed by atoms with Crippen molar-refractivity contribution < 1.29 is 14.6 Å². The lowest BCUT2D eigenvalue weighted by molar-refractivity contribution is -0.679. The summed E-state index contributed by atoms with van der Waals surface area (Å²) in [4.78, 5) is 16.1. The zero-order chi connectivity index (χ0) is 16.6. The smallest absolute Gasteiger partial charge is 0.181 e. The van der Waals surface area contributed by atoms with E-state index in [4.69, 9.17) is 0 Å². The summed E-state index contributed by atoms with van der Waals surface area (Å²) in [6, 6.07) is 6.58. The molecule has 6 nitrogen and oxygen atoms in total. The van der Waals surface area contributed by atoms with E-state index in [0.717, 1.165) is 5.56 Å². The molecule has 0 aromatic carbocycles. The molecule has 6 heteroatoms. The molecule has 0 amide bonds. The van der Waals surface area contributed by atoms with Crippen LogP contribution in [0.25, 0.3) is 11.4 Å². The van der Waals surface area contributed by atoms with Crippen LogP contribution in [0.4, 0.5) is 0 Å². The van der Waals surface area contributed by atoms with Gasteiger partial charge in [0, 0.05) is 41.2 Å². The van der Waals surface area contributed by atoms with Gasteiger partial charge in [-0.1, -0.05) is 0 Å². The number of allylic oxidation sites excluding steroid dienone is 2. The molecule has 23 heavy (non-hydrogen) atoms. The highest BCUT2D eigenvalue weighted by molar-refractivity contribution is 6.07. The molecule has 3 rings (SSSR count). The van der Waals surface area contributed by atoms with Crippen LogP contribution in [0, 0.1) is 10.4 Å². The van der Waals surface area contributed by atoms with Gasteiger partial charge in [-0.2, -0.15) is 4.73 Å². The second kappa shape index (κ2) is 5.75. The van der Waals surface area contributed by atoms with Crippen molar-refractivity contribution in [3.8, 4) is 0 Å². The van der Waals surface area contributed by atoms with Gasteiger partial charge in [0.2, 0.25) is 0 Å². The molecule has 1 aliphatic heterocycles. The highest BCUT2D eigenvalue weighted by Crippen LogP contribution is 2.30. The molecule has 1 N–H and O–H groups in total. The Labute approximate surface area is 133 Å². The standard InChI is InChI=1S/C17H15N3O3/c1-11-15(12(2)21)17(14-5-9-19(22)10-6-14)20(23)16(11)13-3-7-18-8-4-13/h3-10,20H,1-2H3. The Morgan fingerprint density at radius 3 is 2.22 bits per heavy atom. The van der Waals surface area contributed by atoms with Gasteiger partial charge in [0.25, 0.3) is 0 Å². The largest absolute Gasteiger partial charge is 0.623 e. The van der Waals surface area contributed by atoms with Crippen LogP contribution in [-0.2, 0) is 4.79 Å². The number of Topliss-reactive ketones (excluding diaryl/α,β-unsaturated/α-hetero) is 1. The van der Waals surface area contributed by atoms with E-state index in [9.17, 15) is 15.2 Å². The van der Waals surface area contributed by atoms with Crippen LogP contribution in [0.1, 0.15) is 25.0 Å². The average molecular weight is 309 g/mol. The van der Waals surface area contributed by atoms with Crippen LogP contribution < -0.4 is 9.79 Å². The predicted octanol–water partition coefficient (Wildman–Crippen LogP) is 0.843. The number of hydroxylamine groups is 2. The van der Waals surface area contributed by atoms with Gasteiger partial charge in [0.15, 0.2) is 23.9 Å². The van der Waals surface area contributed by atoms with Crippen molar-refractivity contribution in [1.29, 1.82) is 0 Å². The maximum Gasteiger partial charge on any atom is 0.181 e. The zero-order valence-corrected chi connectivity index (χ0v) is 12.7. The minimum atomic E-state index is -0.206. The number of hydrogen-bond acceptors (Lipinski definition) is 4. The first-order chi connectivity index (χ1) is 11.0. The van der Waals surface area contributed by atoms with E-state index >= 15 is 0 Å². The molecule has 2 aromatic rings. The van der Waals surface area contributed by atoms with Crippen LogP contribution in [0.15, 0.2) is 60.2 Å². The molecular weight excluding hydrogens is 294 g/mol. The van der Waals surface area contributed by atoms with E-state index < -0.39 is 0 Å². The Morgan fingerprint density at radius 1 is 1.09 bits per heavy atom. The van der Waals surface area contributed by atoms with Crippen molar-refractivity contribution in [2.45, 2.75) is 13.8 Å². The van der Waals surface area contributed by atoms with Gasteiger partial charge >= 0.3 is 0 Å². The fourth-order valence-electron chi connectivity index (χ4n) is 2.88. The summed E-state index contributed by atoms with van der Waals surface area (Å²) in [6.07, 6.45) is 5.84. The molecule has 0 saturated heterocycles. The van der Waals surface area contributed by atoms with Gasteiger partial charge in [-0.3, -0.25) is 9.78 Å². The van der Waals surface area contributed by atoms with Crippen molar-refractivity contribution in [3.63, 3.8) is 0 Å². The number of hydrogen-bond donors (Lipinski definition) is 1. The highest BCUT2D eigenvalue weighted by Gasteiger charge is 2.34. The maximum atomic E-state index is 12.9. The lowest BCUT2D eigenvalue weighted by atomic mass is 9.99. The number of nitrogens with zero attached hydrogens (tertiary/aromatic N) is 2. The fourth-order valence-corrected chi connectivity index (χ4v) is 2.88. The molecule has 0 aliphatic carbocycles. The van der Waals surface area contributed by atoms with Gasteiger partial charge in [0.1, 0.15) is 5.70 Å². The molecule has 0 spiro atoms. The average Bonchev–Trinajstić information content (AvgIpc) is 2.80. The Balaban J connectivity index is 2.17. The van der Waals surface area contributed by atoms with E-state index in [2.05, 4.69) is 4.98 Å². The highest BCUT2D eigenvalue weighted by atomic mass is 16.5. The second-order valence-corrected chi connectivity index (χ2v) is 5.32. The van der Waals surface area contributed by atoms with Gasteiger partial charge in [-0.25, -0.2) is 0 Å². The number of rotatable bonds is 3. The summed E-state index contributed by atoms with van der Waals surface area (Å²) in [7, 11) is 0. The summed E-state index contributed by atoms with van der Waals surface area (Å²) in [5, 5.41) is 24.0. The molecule has 0 fully saturated rings. The van der Waals surface area contributed by atoms with Crippen LogP contribution >= 0.6 is 0 Å². The Kier molecular flexibility index (Phi) is 3.77. The Bertz CT molecular complexity index is 824. The third-order valence-electron chi connectivity index (χ3n) is 3.87. The molecule has 1 atom stereocenters. The number of nitrogens with one attached hydrogen (secondary N) is 1. The molecule has 2 aromatic heterocycles. The molecule has 0 radical (unpaired) electrons. The van der Waals surface area contributed by atoms with Gasteiger partial charge < -0.3 is 15.5 Å². The number of pyridine rings is 2. The summed E-state index contributed by atoms with van der Waals surface area (Å²) in [5.41, 5.74) is 3.21. The number of quaternary nitrogens is 1. The first-order valence-electron chi connectivity index (χ1n) is 7.11. The summed E-state index contributed by atoms with van der Waals surface area (Å²) in [6.45, 7) is 3.21. The minimum absolute atomic E-state index is 0.172. The van der Waals surface area contributed by atoms with Gasteiger partial charge in [0.05, 0.1) is 5.57 Å². The van der Waals surface area contributed by atoms with Crippen molar-refractivity contribution in [2.75, 3.05) is 0 Å². The van der Waals surface area contributed by atoms with E-state index in [1.807, 2.05) is 0 Å². The lowest BCUT2D eigenvalue weighted by Crippen LogP contribution is -3.00. The number of carbonyl (C=O) groups is 1. The molecule has 116 valence electrons. The zero-order valence-electron chi connectivity index (χ0n) is 12.7. The van der Waals surface area contributed by atoms with E-state index in [-0.39, 0.29) is 10.8 Å². The Hall–Kier alpha value is -2.83. The minimum Gasteiger partial charge on any atom is -0.623 e. The summed E-state index contributed by atoms with van der Waals surface area (Å²) in [5.74, 6) is -0.172. The molecule has 3 heterocycles. The lowest BCUT2D eigenvalue weighted by Gasteiger charge is -2.23. The number of aromatic nitrogens is 2. The Morgan fingerprint density at radius 2 is 1.65 bits per heavy atom. The molecule has 0 saturated carbocycles. The first kappa shape index (κ1) is 15.1. The van der Waals surface area contributed by atoms with Gasteiger partial charge in [-0.15, -0.1) is 0 Å². The van der Waals surface area contributed by atoms with E-state index in [0.29, 0.717) is 32.8 Å². The molecule has 1 unspecified atom stereocenters. The number of carbonyl (C=O) groups excluding carboxylic acids is 1. The topological polar surface area (TPSA) is 84.4 Å². The first-order valence-corrected chi connectivity index (χ1v) is 7.11. The fraction of sp³-hybridized carbons (Fsp3) is 0.118. The molecule has 1 aliphatic rings. The third-order valence-corrected chi connectivity index (χ3v) is 3.87. The van der Waals surface area contributed by atoms with Crippen molar-refractivity contribution in [3.05, 3.63) is 81.7 Å². The predicted molar refractivity (Wildman–Crippen MR) is 84.2 cm³/mol. The monoisotopic (exact) mass is 309 g/mol. The van der Waals surface area contributed by atoms with Crippen LogP contribution in [0.3, 0.4) is 0 Å². The third kappa shape index (κ3) is 2.54. The van der Waals surface area contributed by atoms with Gasteiger partial charge in [-0.05, 0) is 26.0 Å². The second-order valence-electron chi connectivity index (χ2n) is 5.32. The number of ketones is 1. The van der Waals surface area contributed by atoms with Crippen molar-refractivity contribution >= 4 is 17.2 Å². The van der Waals surface area contributed by atoms with E-state index in [1.165, 1.54) is 19.3 Å². The maximum absolute atomic E-state index is 12.9. The quantitative estimate of drug-likeness (QED) is 0.672. The normalized spacial score (nSPS) is 17.8. The van der Waals surface area contributed by atoms with Crippen molar-refractivity contribution in [1.82, 2.24) is 4.98 Å². The van der Waals surface area contributed by atoms with E-state index in [1.54, 1.807) is 43.6 Å².